The van der Waals surface area contributed by atoms with Crippen LogP contribution in [-0.4, -0.2) is 6.04 Å². The third-order valence-electron chi connectivity index (χ3n) is 2.47. The van der Waals surface area contributed by atoms with Gasteiger partial charge in [-0.3, -0.25) is 11.3 Å². The quantitative estimate of drug-likeness (QED) is 0.618. The number of nitrogens with one attached hydrogen (secondary N) is 1. The van der Waals surface area contributed by atoms with E-state index in [2.05, 4.69) is 19.3 Å². The van der Waals surface area contributed by atoms with Crippen molar-refractivity contribution < 1.29 is 4.39 Å². The third kappa shape index (κ3) is 4.08. The van der Waals surface area contributed by atoms with Crippen LogP contribution >= 0.6 is 11.6 Å². The number of hydrazine groups is 1. The lowest BCUT2D eigenvalue weighted by atomic mass is 9.97. The fraction of sp³-hybridized carbons (Fsp3) is 0.500. The van der Waals surface area contributed by atoms with Gasteiger partial charge in [0.15, 0.2) is 0 Å². The summed E-state index contributed by atoms with van der Waals surface area (Å²) in [5.41, 5.74) is 3.33. The van der Waals surface area contributed by atoms with Crippen molar-refractivity contribution in [2.75, 3.05) is 0 Å². The van der Waals surface area contributed by atoms with Gasteiger partial charge < -0.3 is 0 Å². The molecule has 0 heterocycles. The van der Waals surface area contributed by atoms with Crippen molar-refractivity contribution in [1.82, 2.24) is 5.43 Å². The van der Waals surface area contributed by atoms with Crippen LogP contribution in [0.5, 0.6) is 0 Å². The van der Waals surface area contributed by atoms with Crippen LogP contribution in [0, 0.1) is 11.7 Å². The highest BCUT2D eigenvalue weighted by Gasteiger charge is 2.12. The Morgan fingerprint density at radius 2 is 2.12 bits per heavy atom. The molecule has 0 amide bonds. The molecular weight excluding hydrogens is 227 g/mol. The van der Waals surface area contributed by atoms with E-state index in [9.17, 15) is 4.39 Å². The smallest absolute Gasteiger partial charge is 0.126 e. The molecule has 1 atom stereocenters. The van der Waals surface area contributed by atoms with Crippen molar-refractivity contribution in [1.29, 1.82) is 0 Å². The van der Waals surface area contributed by atoms with Gasteiger partial charge >= 0.3 is 0 Å². The van der Waals surface area contributed by atoms with Crippen LogP contribution in [0.25, 0.3) is 0 Å². The number of halogens is 2. The van der Waals surface area contributed by atoms with Crippen molar-refractivity contribution >= 4 is 11.6 Å². The molecule has 4 heteroatoms. The monoisotopic (exact) mass is 244 g/mol. The first-order valence-corrected chi connectivity index (χ1v) is 5.80. The summed E-state index contributed by atoms with van der Waals surface area (Å²) in [7, 11) is 0. The zero-order valence-corrected chi connectivity index (χ0v) is 10.4. The Labute approximate surface area is 101 Å². The highest BCUT2D eigenvalue weighted by atomic mass is 35.5. The van der Waals surface area contributed by atoms with E-state index in [0.717, 1.165) is 6.42 Å². The van der Waals surface area contributed by atoms with Crippen molar-refractivity contribution in [3.63, 3.8) is 0 Å². The van der Waals surface area contributed by atoms with Crippen LogP contribution < -0.4 is 11.3 Å². The molecule has 0 bridgehead atoms. The molecule has 0 aliphatic heterocycles. The molecule has 2 nitrogen and oxygen atoms in total. The van der Waals surface area contributed by atoms with E-state index < -0.39 is 0 Å². The van der Waals surface area contributed by atoms with Crippen LogP contribution in [0.1, 0.15) is 25.8 Å². The molecule has 0 fully saturated rings. The fourth-order valence-corrected chi connectivity index (χ4v) is 1.94. The summed E-state index contributed by atoms with van der Waals surface area (Å²) in [6, 6.07) is 4.67. The van der Waals surface area contributed by atoms with Crippen LogP contribution in [0.4, 0.5) is 4.39 Å². The highest BCUT2D eigenvalue weighted by Crippen LogP contribution is 2.18. The van der Waals surface area contributed by atoms with Crippen LogP contribution in [0.3, 0.4) is 0 Å². The predicted octanol–water partition coefficient (Wildman–Crippen LogP) is 2.90. The molecule has 0 saturated heterocycles. The van der Waals surface area contributed by atoms with E-state index in [-0.39, 0.29) is 11.9 Å². The summed E-state index contributed by atoms with van der Waals surface area (Å²) in [5.74, 6) is 5.74. The summed E-state index contributed by atoms with van der Waals surface area (Å²) in [6.45, 7) is 4.22. The molecule has 16 heavy (non-hydrogen) atoms. The maximum atomic E-state index is 13.5. The molecule has 0 spiro atoms. The van der Waals surface area contributed by atoms with Gasteiger partial charge in [0.05, 0.1) is 0 Å². The first kappa shape index (κ1) is 13.4. The number of hydrogen-bond donors (Lipinski definition) is 2. The second-order valence-electron chi connectivity index (χ2n) is 4.43. The molecule has 3 N–H and O–H groups in total. The molecule has 1 rings (SSSR count). The van der Waals surface area contributed by atoms with E-state index in [4.69, 9.17) is 17.4 Å². The minimum absolute atomic E-state index is 0.0768. The van der Waals surface area contributed by atoms with Crippen LogP contribution in [-0.2, 0) is 6.42 Å². The molecule has 1 aromatic rings. The second-order valence-corrected chi connectivity index (χ2v) is 4.87. The first-order valence-electron chi connectivity index (χ1n) is 5.43. The van der Waals surface area contributed by atoms with Gasteiger partial charge in [0.2, 0.25) is 0 Å². The minimum atomic E-state index is -0.228. The molecule has 1 unspecified atom stereocenters. The van der Waals surface area contributed by atoms with E-state index in [0.29, 0.717) is 22.9 Å². The summed E-state index contributed by atoms with van der Waals surface area (Å²) < 4.78 is 13.5. The standard InChI is InChI=1S/C12H18ClFN2/c1-8(2)5-11(16-15)7-9-6-10(13)3-4-12(9)14/h3-4,6,8,11,16H,5,7,15H2,1-2H3. The summed E-state index contributed by atoms with van der Waals surface area (Å²) >= 11 is 5.83. The van der Waals surface area contributed by atoms with Gasteiger partial charge in [-0.1, -0.05) is 25.4 Å². The predicted molar refractivity (Wildman–Crippen MR) is 65.7 cm³/mol. The summed E-state index contributed by atoms with van der Waals surface area (Å²) in [4.78, 5) is 0. The Hall–Kier alpha value is -0.640. The van der Waals surface area contributed by atoms with Gasteiger partial charge in [0.1, 0.15) is 5.82 Å². The lowest BCUT2D eigenvalue weighted by Gasteiger charge is -2.18. The largest absolute Gasteiger partial charge is 0.271 e. The van der Waals surface area contributed by atoms with Gasteiger partial charge in [-0.25, -0.2) is 4.39 Å². The second kappa shape index (κ2) is 6.18. The van der Waals surface area contributed by atoms with Crippen molar-refractivity contribution in [3.05, 3.63) is 34.6 Å². The number of nitrogens with two attached hydrogens (primary N) is 1. The number of benzene rings is 1. The van der Waals surface area contributed by atoms with E-state index in [1.807, 2.05) is 0 Å². The number of hydrogen-bond acceptors (Lipinski definition) is 2. The Kier molecular flexibility index (Phi) is 5.19. The molecular formula is C12H18ClFN2. The normalized spacial score (nSPS) is 13.1. The lowest BCUT2D eigenvalue weighted by molar-refractivity contribution is 0.418. The fourth-order valence-electron chi connectivity index (χ4n) is 1.74. The average molecular weight is 245 g/mol. The average Bonchev–Trinajstić information content (AvgIpc) is 2.21. The molecule has 90 valence electrons. The van der Waals surface area contributed by atoms with Crippen LogP contribution in [0.2, 0.25) is 5.02 Å². The summed E-state index contributed by atoms with van der Waals surface area (Å²) in [6.07, 6.45) is 1.46. The van der Waals surface area contributed by atoms with Gasteiger partial charge in [-0.05, 0) is 42.5 Å². The Morgan fingerprint density at radius 3 is 2.69 bits per heavy atom. The SMILES string of the molecule is CC(C)CC(Cc1cc(Cl)ccc1F)NN. The lowest BCUT2D eigenvalue weighted by Crippen LogP contribution is -2.37. The number of rotatable bonds is 5. The summed E-state index contributed by atoms with van der Waals surface area (Å²) in [5, 5.41) is 0.553. The zero-order valence-electron chi connectivity index (χ0n) is 9.63. The molecule has 0 aliphatic carbocycles. The van der Waals surface area contributed by atoms with Crippen molar-refractivity contribution in [2.45, 2.75) is 32.7 Å². The maximum absolute atomic E-state index is 13.5. The Balaban J connectivity index is 2.73. The van der Waals surface area contributed by atoms with E-state index in [1.54, 1.807) is 12.1 Å². The molecule has 0 aliphatic rings. The molecule has 0 radical (unpaired) electrons. The Morgan fingerprint density at radius 1 is 1.44 bits per heavy atom. The van der Waals surface area contributed by atoms with Gasteiger partial charge in [-0.2, -0.15) is 0 Å². The van der Waals surface area contributed by atoms with Gasteiger partial charge in [0.25, 0.3) is 0 Å². The van der Waals surface area contributed by atoms with Crippen molar-refractivity contribution in [3.8, 4) is 0 Å². The Bertz CT molecular complexity index is 342. The van der Waals surface area contributed by atoms with E-state index >= 15 is 0 Å². The van der Waals surface area contributed by atoms with Gasteiger partial charge in [-0.15, -0.1) is 0 Å². The first-order chi connectivity index (χ1) is 7.52. The maximum Gasteiger partial charge on any atom is 0.126 e. The minimum Gasteiger partial charge on any atom is -0.271 e. The van der Waals surface area contributed by atoms with Crippen LogP contribution in [0.15, 0.2) is 18.2 Å². The molecule has 0 saturated carbocycles. The van der Waals surface area contributed by atoms with Crippen molar-refractivity contribution in [2.24, 2.45) is 11.8 Å². The van der Waals surface area contributed by atoms with E-state index in [1.165, 1.54) is 6.07 Å². The highest BCUT2D eigenvalue weighted by molar-refractivity contribution is 6.30. The molecule has 0 aromatic heterocycles. The molecule has 1 aromatic carbocycles. The van der Waals surface area contributed by atoms with Gasteiger partial charge in [0, 0.05) is 11.1 Å². The zero-order chi connectivity index (χ0) is 12.1. The third-order valence-corrected chi connectivity index (χ3v) is 2.70. The topological polar surface area (TPSA) is 38.0 Å².